The van der Waals surface area contributed by atoms with Gasteiger partial charge in [0.2, 0.25) is 0 Å². The maximum absolute atomic E-state index is 3.88. The number of nitrogens with one attached hydrogen (secondary N) is 2. The van der Waals surface area contributed by atoms with Gasteiger partial charge >= 0.3 is 0 Å². The Kier molecular flexibility index (Phi) is 6.34. The molecule has 1 saturated heterocycles. The fraction of sp³-hybridized carbons (Fsp3) is 0.647. The molecule has 1 aliphatic carbocycles. The van der Waals surface area contributed by atoms with Crippen LogP contribution in [-0.4, -0.2) is 19.6 Å². The van der Waals surface area contributed by atoms with Gasteiger partial charge in [-0.2, -0.15) is 0 Å². The third-order valence-corrected chi connectivity index (χ3v) is 4.87. The van der Waals surface area contributed by atoms with Crippen LogP contribution in [0.15, 0.2) is 30.3 Å². The first-order chi connectivity index (χ1) is 9.43. The van der Waals surface area contributed by atoms with E-state index in [0.29, 0.717) is 6.04 Å². The highest BCUT2D eigenvalue weighted by Crippen LogP contribution is 2.37. The molecule has 2 nitrogen and oxygen atoms in total. The van der Waals surface area contributed by atoms with Crippen molar-refractivity contribution in [3.05, 3.63) is 35.9 Å². The Hall–Kier alpha value is -0.570. The second kappa shape index (κ2) is 8.02. The number of hydrogen-bond acceptors (Lipinski definition) is 2. The van der Waals surface area contributed by atoms with E-state index in [2.05, 4.69) is 41.0 Å². The van der Waals surface area contributed by atoms with Crippen LogP contribution in [0, 0.1) is 11.8 Å². The number of hydrogen-bond donors (Lipinski definition) is 2. The molecular weight excluding hydrogens is 268 g/mol. The summed E-state index contributed by atoms with van der Waals surface area (Å²) in [7, 11) is 0. The first kappa shape index (κ1) is 15.8. The van der Waals surface area contributed by atoms with Gasteiger partial charge in [0.1, 0.15) is 0 Å². The Balaban J connectivity index is 0.00000147. The van der Waals surface area contributed by atoms with Gasteiger partial charge in [-0.1, -0.05) is 36.8 Å². The molecule has 0 amide bonds. The van der Waals surface area contributed by atoms with Crippen LogP contribution in [0.5, 0.6) is 0 Å². The van der Waals surface area contributed by atoms with Crippen LogP contribution in [0.2, 0.25) is 0 Å². The van der Waals surface area contributed by atoms with Gasteiger partial charge in [-0.25, -0.2) is 0 Å². The largest absolute Gasteiger partial charge is 0.317 e. The monoisotopic (exact) mass is 294 g/mol. The maximum Gasteiger partial charge on any atom is 0.0348 e. The topological polar surface area (TPSA) is 24.1 Å². The summed E-state index contributed by atoms with van der Waals surface area (Å²) in [6, 6.07) is 11.6. The van der Waals surface area contributed by atoms with E-state index < -0.39 is 0 Å². The Morgan fingerprint density at radius 2 is 1.75 bits per heavy atom. The highest BCUT2D eigenvalue weighted by Gasteiger charge is 2.28. The van der Waals surface area contributed by atoms with Crippen LogP contribution in [-0.2, 0) is 0 Å². The Morgan fingerprint density at radius 3 is 2.35 bits per heavy atom. The van der Waals surface area contributed by atoms with Gasteiger partial charge in [0.15, 0.2) is 0 Å². The van der Waals surface area contributed by atoms with Crippen molar-refractivity contribution in [3.63, 3.8) is 0 Å². The van der Waals surface area contributed by atoms with Crippen LogP contribution < -0.4 is 10.6 Å². The SMILES string of the molecule is Cl.c1ccc(C(NCC2CCNCC2)C2CCC2)cc1. The molecule has 1 aromatic rings. The van der Waals surface area contributed by atoms with Gasteiger partial charge in [-0.05, 0) is 62.7 Å². The van der Waals surface area contributed by atoms with E-state index >= 15 is 0 Å². The molecule has 0 spiro atoms. The molecule has 0 bridgehead atoms. The number of benzene rings is 1. The van der Waals surface area contributed by atoms with Gasteiger partial charge < -0.3 is 10.6 Å². The third-order valence-electron chi connectivity index (χ3n) is 4.87. The van der Waals surface area contributed by atoms with Crippen LogP contribution >= 0.6 is 12.4 Å². The lowest BCUT2D eigenvalue weighted by molar-refractivity contribution is 0.217. The fourth-order valence-electron chi connectivity index (χ4n) is 3.37. The molecule has 3 rings (SSSR count). The predicted molar refractivity (Wildman–Crippen MR) is 87.4 cm³/mol. The van der Waals surface area contributed by atoms with Gasteiger partial charge in [0.25, 0.3) is 0 Å². The summed E-state index contributed by atoms with van der Waals surface area (Å²) in [6.07, 6.45) is 6.89. The molecule has 112 valence electrons. The van der Waals surface area contributed by atoms with Crippen molar-refractivity contribution in [1.82, 2.24) is 10.6 Å². The van der Waals surface area contributed by atoms with Crippen molar-refractivity contribution in [3.8, 4) is 0 Å². The summed E-state index contributed by atoms with van der Waals surface area (Å²) < 4.78 is 0. The third kappa shape index (κ3) is 3.97. The lowest BCUT2D eigenvalue weighted by atomic mass is 9.77. The molecule has 1 unspecified atom stereocenters. The zero-order valence-corrected chi connectivity index (χ0v) is 13.0. The van der Waals surface area contributed by atoms with Crippen molar-refractivity contribution in [2.75, 3.05) is 19.6 Å². The van der Waals surface area contributed by atoms with E-state index in [1.54, 1.807) is 0 Å². The first-order valence-electron chi connectivity index (χ1n) is 7.92. The highest BCUT2D eigenvalue weighted by molar-refractivity contribution is 5.85. The average molecular weight is 295 g/mol. The van der Waals surface area contributed by atoms with E-state index in [4.69, 9.17) is 0 Å². The molecule has 0 aromatic heterocycles. The Bertz CT molecular complexity index is 372. The second-order valence-corrected chi connectivity index (χ2v) is 6.18. The molecule has 1 heterocycles. The van der Waals surface area contributed by atoms with Crippen molar-refractivity contribution >= 4 is 12.4 Å². The minimum Gasteiger partial charge on any atom is -0.317 e. The summed E-state index contributed by atoms with van der Waals surface area (Å²) in [5.41, 5.74) is 1.49. The van der Waals surface area contributed by atoms with Gasteiger partial charge in [-0.15, -0.1) is 12.4 Å². The van der Waals surface area contributed by atoms with Gasteiger partial charge in [0, 0.05) is 6.04 Å². The Morgan fingerprint density at radius 1 is 1.05 bits per heavy atom. The van der Waals surface area contributed by atoms with E-state index in [0.717, 1.165) is 11.8 Å². The number of piperidine rings is 1. The van der Waals surface area contributed by atoms with Crippen molar-refractivity contribution < 1.29 is 0 Å². The van der Waals surface area contributed by atoms with E-state index in [1.807, 2.05) is 0 Å². The molecule has 1 aliphatic heterocycles. The molecule has 1 aromatic carbocycles. The van der Waals surface area contributed by atoms with E-state index in [9.17, 15) is 0 Å². The lowest BCUT2D eigenvalue weighted by Crippen LogP contribution is -2.38. The summed E-state index contributed by atoms with van der Waals surface area (Å²) in [5, 5.41) is 7.33. The molecule has 3 heteroatoms. The molecule has 0 radical (unpaired) electrons. The zero-order valence-electron chi connectivity index (χ0n) is 12.2. The van der Waals surface area contributed by atoms with E-state index in [1.165, 1.54) is 57.3 Å². The molecule has 1 saturated carbocycles. The predicted octanol–water partition coefficient (Wildman–Crippen LogP) is 3.54. The van der Waals surface area contributed by atoms with Crippen molar-refractivity contribution in [2.45, 2.75) is 38.1 Å². The molecule has 2 fully saturated rings. The minimum atomic E-state index is 0. The van der Waals surface area contributed by atoms with Crippen LogP contribution in [0.25, 0.3) is 0 Å². The van der Waals surface area contributed by atoms with Crippen LogP contribution in [0.3, 0.4) is 0 Å². The molecule has 2 N–H and O–H groups in total. The van der Waals surface area contributed by atoms with Crippen LogP contribution in [0.1, 0.15) is 43.7 Å². The summed E-state index contributed by atoms with van der Waals surface area (Å²) >= 11 is 0. The summed E-state index contributed by atoms with van der Waals surface area (Å²) in [6.45, 7) is 3.59. The number of halogens is 1. The van der Waals surface area contributed by atoms with Crippen LogP contribution in [0.4, 0.5) is 0 Å². The minimum absolute atomic E-state index is 0. The molecular formula is C17H27ClN2. The Labute approximate surface area is 129 Å². The average Bonchev–Trinajstić information content (AvgIpc) is 2.43. The molecule has 2 aliphatic rings. The standard InChI is InChI=1S/C17H26N2.ClH/c1-2-5-15(6-3-1)17(16-7-4-8-16)19-13-14-9-11-18-12-10-14;/h1-3,5-6,14,16-19H,4,7-13H2;1H. The van der Waals surface area contributed by atoms with Gasteiger partial charge in [0.05, 0.1) is 0 Å². The fourth-order valence-corrected chi connectivity index (χ4v) is 3.37. The quantitative estimate of drug-likeness (QED) is 0.868. The lowest BCUT2D eigenvalue weighted by Gasteiger charge is -2.36. The van der Waals surface area contributed by atoms with Crippen molar-refractivity contribution in [2.24, 2.45) is 11.8 Å². The molecule has 20 heavy (non-hydrogen) atoms. The number of rotatable bonds is 5. The van der Waals surface area contributed by atoms with Crippen molar-refractivity contribution in [1.29, 1.82) is 0 Å². The summed E-state index contributed by atoms with van der Waals surface area (Å²) in [4.78, 5) is 0. The van der Waals surface area contributed by atoms with Gasteiger partial charge in [-0.3, -0.25) is 0 Å². The smallest absolute Gasteiger partial charge is 0.0348 e. The summed E-state index contributed by atoms with van der Waals surface area (Å²) in [5.74, 6) is 1.73. The second-order valence-electron chi connectivity index (χ2n) is 6.18. The first-order valence-corrected chi connectivity index (χ1v) is 7.92. The molecule has 1 atom stereocenters. The maximum atomic E-state index is 3.88. The van der Waals surface area contributed by atoms with E-state index in [-0.39, 0.29) is 12.4 Å². The zero-order chi connectivity index (χ0) is 12.9. The highest BCUT2D eigenvalue weighted by atomic mass is 35.5. The normalized spacial score (nSPS) is 21.8.